The predicted molar refractivity (Wildman–Crippen MR) is 79.0 cm³/mol. The molecule has 2 aromatic rings. The van der Waals surface area contributed by atoms with Crippen LogP contribution in [0.1, 0.15) is 23.5 Å². The molecular weight excluding hydrogens is 266 g/mol. The minimum atomic E-state index is 0.168. The van der Waals surface area contributed by atoms with Crippen LogP contribution in [0.4, 0.5) is 0 Å². The molecule has 1 aliphatic rings. The Labute approximate surface area is 124 Å². The summed E-state index contributed by atoms with van der Waals surface area (Å²) in [5.41, 5.74) is 2.12. The van der Waals surface area contributed by atoms with Crippen LogP contribution >= 0.6 is 0 Å². The molecule has 1 fully saturated rings. The lowest BCUT2D eigenvalue weighted by atomic mass is 10.0. The summed E-state index contributed by atoms with van der Waals surface area (Å²) < 4.78 is 7.61. The number of ether oxygens (including phenoxy) is 1. The van der Waals surface area contributed by atoms with Gasteiger partial charge in [-0.2, -0.15) is 0 Å². The monoisotopic (exact) mass is 285 g/mol. The molecule has 1 amide bonds. The molecule has 110 valence electrons. The summed E-state index contributed by atoms with van der Waals surface area (Å²) in [6.45, 7) is 1.22. The number of hydrogen-bond donors (Lipinski definition) is 0. The fourth-order valence-corrected chi connectivity index (χ4v) is 2.68. The summed E-state index contributed by atoms with van der Waals surface area (Å²) in [6.07, 6.45) is 2.49. The van der Waals surface area contributed by atoms with Crippen LogP contribution in [0.25, 0.3) is 0 Å². The number of aryl methyl sites for hydroxylation is 1. The van der Waals surface area contributed by atoms with Gasteiger partial charge in [0, 0.05) is 44.7 Å². The summed E-state index contributed by atoms with van der Waals surface area (Å²) in [6, 6.07) is 10.0. The molecule has 1 aliphatic heterocycles. The number of rotatable bonds is 4. The van der Waals surface area contributed by atoms with E-state index in [-0.39, 0.29) is 11.8 Å². The first kappa shape index (κ1) is 13.7. The third-order valence-corrected chi connectivity index (χ3v) is 3.82. The summed E-state index contributed by atoms with van der Waals surface area (Å²) in [5.74, 6) is 0.981. The van der Waals surface area contributed by atoms with Crippen LogP contribution in [-0.4, -0.2) is 34.2 Å². The summed E-state index contributed by atoms with van der Waals surface area (Å²) in [7, 11) is 3.71. The van der Waals surface area contributed by atoms with Gasteiger partial charge in [-0.05, 0) is 5.56 Å². The lowest BCUT2D eigenvalue weighted by Gasteiger charge is -2.11. The fourth-order valence-electron chi connectivity index (χ4n) is 2.68. The normalized spacial score (nSPS) is 18.3. The molecule has 0 aliphatic carbocycles. The van der Waals surface area contributed by atoms with Crippen LogP contribution in [-0.2, 0) is 18.4 Å². The SMILES string of the molecule is CN1CC(c2cn(C)nc2OCc2ccccc2)CC1=O. The number of carbonyl (C=O) groups excluding carboxylic acids is 1. The van der Waals surface area contributed by atoms with Gasteiger partial charge in [-0.3, -0.25) is 9.48 Å². The molecule has 0 saturated carbocycles. The summed E-state index contributed by atoms with van der Waals surface area (Å²) in [5, 5.41) is 4.38. The maximum atomic E-state index is 11.7. The van der Waals surface area contributed by atoms with Crippen LogP contribution < -0.4 is 4.74 Å². The first-order valence-electron chi connectivity index (χ1n) is 7.07. The molecule has 0 spiro atoms. The van der Waals surface area contributed by atoms with Crippen molar-refractivity contribution in [2.24, 2.45) is 7.05 Å². The van der Waals surface area contributed by atoms with E-state index >= 15 is 0 Å². The van der Waals surface area contributed by atoms with Crippen molar-refractivity contribution in [3.05, 3.63) is 47.7 Å². The topological polar surface area (TPSA) is 47.4 Å². The van der Waals surface area contributed by atoms with Crippen molar-refractivity contribution in [2.45, 2.75) is 18.9 Å². The quantitative estimate of drug-likeness (QED) is 0.862. The van der Waals surface area contributed by atoms with E-state index in [2.05, 4.69) is 5.10 Å². The number of carbonyl (C=O) groups is 1. The number of amides is 1. The Bertz CT molecular complexity index is 636. The smallest absolute Gasteiger partial charge is 0.236 e. The van der Waals surface area contributed by atoms with E-state index in [0.29, 0.717) is 18.9 Å². The molecule has 1 aromatic heterocycles. The Morgan fingerprint density at radius 3 is 2.71 bits per heavy atom. The summed E-state index contributed by atoms with van der Waals surface area (Å²) >= 11 is 0. The first-order valence-corrected chi connectivity index (χ1v) is 7.07. The van der Waals surface area contributed by atoms with E-state index in [9.17, 15) is 4.79 Å². The molecule has 1 saturated heterocycles. The predicted octanol–water partition coefficient (Wildman–Crippen LogP) is 1.94. The second-order valence-electron chi connectivity index (χ2n) is 5.51. The van der Waals surface area contributed by atoms with E-state index in [4.69, 9.17) is 4.74 Å². The van der Waals surface area contributed by atoms with Crippen molar-refractivity contribution in [1.82, 2.24) is 14.7 Å². The molecule has 5 heteroatoms. The third kappa shape index (κ3) is 2.91. The van der Waals surface area contributed by atoms with Crippen LogP contribution in [0.2, 0.25) is 0 Å². The second kappa shape index (κ2) is 5.60. The molecule has 0 radical (unpaired) electrons. The van der Waals surface area contributed by atoms with Crippen LogP contribution in [0.3, 0.4) is 0 Å². The zero-order chi connectivity index (χ0) is 14.8. The Hall–Kier alpha value is -2.30. The lowest BCUT2D eigenvalue weighted by Crippen LogP contribution is -2.18. The Morgan fingerprint density at radius 1 is 1.29 bits per heavy atom. The molecule has 0 bridgehead atoms. The Kier molecular flexibility index (Phi) is 3.64. The molecule has 0 N–H and O–H groups in total. The highest BCUT2D eigenvalue weighted by molar-refractivity contribution is 5.79. The van der Waals surface area contributed by atoms with Crippen molar-refractivity contribution >= 4 is 5.91 Å². The molecule has 5 nitrogen and oxygen atoms in total. The van der Waals surface area contributed by atoms with Crippen LogP contribution in [0.5, 0.6) is 5.88 Å². The maximum absolute atomic E-state index is 11.7. The number of likely N-dealkylation sites (N-methyl/N-ethyl adjacent to an activating group) is 1. The van der Waals surface area contributed by atoms with E-state index < -0.39 is 0 Å². The average Bonchev–Trinajstić information content (AvgIpc) is 3.01. The number of hydrogen-bond acceptors (Lipinski definition) is 3. The number of aromatic nitrogens is 2. The van der Waals surface area contributed by atoms with Crippen molar-refractivity contribution in [2.75, 3.05) is 13.6 Å². The van der Waals surface area contributed by atoms with Gasteiger partial charge in [0.05, 0.1) is 0 Å². The van der Waals surface area contributed by atoms with Gasteiger partial charge in [0.1, 0.15) is 6.61 Å². The molecule has 1 atom stereocenters. The molecule has 21 heavy (non-hydrogen) atoms. The van der Waals surface area contributed by atoms with Gasteiger partial charge in [0.15, 0.2) is 0 Å². The highest BCUT2D eigenvalue weighted by atomic mass is 16.5. The van der Waals surface area contributed by atoms with Gasteiger partial charge < -0.3 is 9.64 Å². The standard InChI is InChI=1S/C16H19N3O2/c1-18-9-13(8-15(18)20)14-10-19(2)17-16(14)21-11-12-6-4-3-5-7-12/h3-7,10,13H,8-9,11H2,1-2H3. The van der Waals surface area contributed by atoms with Crippen molar-refractivity contribution in [1.29, 1.82) is 0 Å². The third-order valence-electron chi connectivity index (χ3n) is 3.82. The van der Waals surface area contributed by atoms with Gasteiger partial charge >= 0.3 is 0 Å². The van der Waals surface area contributed by atoms with Gasteiger partial charge in [-0.15, -0.1) is 5.10 Å². The first-order chi connectivity index (χ1) is 10.1. The lowest BCUT2D eigenvalue weighted by molar-refractivity contribution is -0.126. The van der Waals surface area contributed by atoms with Gasteiger partial charge in [-0.25, -0.2) is 0 Å². The molecular formula is C16H19N3O2. The highest BCUT2D eigenvalue weighted by Gasteiger charge is 2.31. The zero-order valence-electron chi connectivity index (χ0n) is 12.3. The maximum Gasteiger partial charge on any atom is 0.236 e. The van der Waals surface area contributed by atoms with Crippen LogP contribution in [0, 0.1) is 0 Å². The van der Waals surface area contributed by atoms with E-state index in [1.807, 2.05) is 50.6 Å². The Morgan fingerprint density at radius 2 is 2.05 bits per heavy atom. The largest absolute Gasteiger partial charge is 0.472 e. The van der Waals surface area contributed by atoms with Crippen molar-refractivity contribution in [3.63, 3.8) is 0 Å². The van der Waals surface area contributed by atoms with Gasteiger partial charge in [0.25, 0.3) is 0 Å². The van der Waals surface area contributed by atoms with E-state index in [1.165, 1.54) is 0 Å². The Balaban J connectivity index is 1.75. The van der Waals surface area contributed by atoms with Gasteiger partial charge in [-0.1, -0.05) is 30.3 Å². The highest BCUT2D eigenvalue weighted by Crippen LogP contribution is 2.33. The average molecular weight is 285 g/mol. The molecule has 1 aromatic carbocycles. The van der Waals surface area contributed by atoms with Crippen molar-refractivity contribution < 1.29 is 9.53 Å². The minimum Gasteiger partial charge on any atom is -0.472 e. The second-order valence-corrected chi connectivity index (χ2v) is 5.51. The van der Waals surface area contributed by atoms with Crippen molar-refractivity contribution in [3.8, 4) is 5.88 Å². The molecule has 2 heterocycles. The number of likely N-dealkylation sites (tertiary alicyclic amines) is 1. The van der Waals surface area contributed by atoms with Gasteiger partial charge in [0.2, 0.25) is 11.8 Å². The number of benzene rings is 1. The summed E-state index contributed by atoms with van der Waals surface area (Å²) in [4.78, 5) is 13.5. The minimum absolute atomic E-state index is 0.168. The molecule has 1 unspecified atom stereocenters. The van der Waals surface area contributed by atoms with E-state index in [0.717, 1.165) is 17.7 Å². The molecule has 3 rings (SSSR count). The zero-order valence-corrected chi connectivity index (χ0v) is 12.3. The van der Waals surface area contributed by atoms with Crippen LogP contribution in [0.15, 0.2) is 36.5 Å². The number of nitrogens with zero attached hydrogens (tertiary/aromatic N) is 3. The fraction of sp³-hybridized carbons (Fsp3) is 0.375. The van der Waals surface area contributed by atoms with E-state index in [1.54, 1.807) is 9.58 Å².